The van der Waals surface area contributed by atoms with Crippen molar-refractivity contribution >= 4 is 10.0 Å². The number of aryl methyl sites for hydroxylation is 1. The fraction of sp³-hybridized carbons (Fsp3) is 0.235. The van der Waals surface area contributed by atoms with E-state index in [0.717, 1.165) is 22.3 Å². The molecule has 0 saturated carbocycles. The van der Waals surface area contributed by atoms with Crippen LogP contribution in [0.1, 0.15) is 22.3 Å². The largest absolute Gasteiger partial charge is 0.375 e. The van der Waals surface area contributed by atoms with Crippen LogP contribution in [0.25, 0.3) is 0 Å². The van der Waals surface area contributed by atoms with E-state index in [4.69, 9.17) is 14.2 Å². The summed E-state index contributed by atoms with van der Waals surface area (Å²) in [6, 6.07) is 35.2. The zero-order valence-corrected chi connectivity index (χ0v) is 24.1. The number of rotatable bonds is 16. The maximum atomic E-state index is 13.6. The highest BCUT2D eigenvalue weighted by Crippen LogP contribution is 2.20. The summed E-state index contributed by atoms with van der Waals surface area (Å²) in [5.41, 5.74) is 3.89. The first-order valence-corrected chi connectivity index (χ1v) is 15.1. The second kappa shape index (κ2) is 15.4. The monoisotopic (exact) mass is 571 g/mol. The van der Waals surface area contributed by atoms with Crippen molar-refractivity contribution in [3.8, 4) is 0 Å². The highest BCUT2D eigenvalue weighted by atomic mass is 32.2. The van der Waals surface area contributed by atoms with Gasteiger partial charge in [-0.05, 0) is 35.7 Å². The van der Waals surface area contributed by atoms with Gasteiger partial charge in [0.1, 0.15) is 12.2 Å². The molecule has 4 aromatic rings. The summed E-state index contributed by atoms with van der Waals surface area (Å²) in [6.07, 6.45) is 0.278. The quantitative estimate of drug-likeness (QED) is 0.162. The molecule has 7 heteroatoms. The Morgan fingerprint density at radius 2 is 1.20 bits per heavy atom. The Bertz CT molecular complexity index is 1430. The van der Waals surface area contributed by atoms with Crippen molar-refractivity contribution in [3.63, 3.8) is 0 Å². The summed E-state index contributed by atoms with van der Waals surface area (Å²) >= 11 is 0. The Morgan fingerprint density at radius 1 is 0.707 bits per heavy atom. The Labute approximate surface area is 243 Å². The molecule has 41 heavy (non-hydrogen) atoms. The van der Waals surface area contributed by atoms with Crippen LogP contribution >= 0.6 is 0 Å². The van der Waals surface area contributed by atoms with E-state index in [0.29, 0.717) is 13.2 Å². The third-order valence-corrected chi connectivity index (χ3v) is 8.08. The fourth-order valence-electron chi connectivity index (χ4n) is 4.33. The van der Waals surface area contributed by atoms with Gasteiger partial charge in [0.05, 0.1) is 37.4 Å². The van der Waals surface area contributed by atoms with Crippen molar-refractivity contribution < 1.29 is 22.6 Å². The molecule has 0 heterocycles. The van der Waals surface area contributed by atoms with E-state index in [2.05, 4.69) is 11.3 Å². The fourth-order valence-corrected chi connectivity index (χ4v) is 5.56. The molecule has 6 nitrogen and oxygen atoms in total. The van der Waals surface area contributed by atoms with Crippen LogP contribution in [0.4, 0.5) is 0 Å². The number of benzene rings is 4. The Balaban J connectivity index is 1.61. The minimum Gasteiger partial charge on any atom is -0.375 e. The van der Waals surface area contributed by atoms with E-state index >= 15 is 0 Å². The Hall–Kier alpha value is -3.59. The van der Waals surface area contributed by atoms with E-state index in [1.807, 2.05) is 97.9 Å². The number of ether oxygens (including phenoxy) is 3. The molecule has 0 radical (unpaired) electrons. The minimum absolute atomic E-state index is 0.0540. The lowest BCUT2D eigenvalue weighted by Crippen LogP contribution is -2.52. The molecule has 0 bridgehead atoms. The van der Waals surface area contributed by atoms with Crippen LogP contribution in [0.2, 0.25) is 0 Å². The van der Waals surface area contributed by atoms with Gasteiger partial charge >= 0.3 is 0 Å². The van der Waals surface area contributed by atoms with Gasteiger partial charge in [-0.2, -0.15) is 0 Å². The molecule has 0 spiro atoms. The maximum absolute atomic E-state index is 13.6. The second-order valence-electron chi connectivity index (χ2n) is 9.80. The van der Waals surface area contributed by atoms with Gasteiger partial charge in [-0.1, -0.05) is 115 Å². The van der Waals surface area contributed by atoms with Crippen molar-refractivity contribution in [1.29, 1.82) is 0 Å². The number of hydrogen-bond donors (Lipinski definition) is 1. The molecule has 4 aromatic carbocycles. The lowest BCUT2D eigenvalue weighted by atomic mass is 10.1. The Morgan fingerprint density at radius 3 is 1.71 bits per heavy atom. The van der Waals surface area contributed by atoms with E-state index in [9.17, 15) is 8.42 Å². The summed E-state index contributed by atoms with van der Waals surface area (Å²) < 4.78 is 48.8. The van der Waals surface area contributed by atoms with Gasteiger partial charge in [0.15, 0.2) is 0 Å². The Kier molecular flexibility index (Phi) is 11.4. The first kappa shape index (κ1) is 30.4. The molecule has 1 N–H and O–H groups in total. The summed E-state index contributed by atoms with van der Waals surface area (Å²) in [4.78, 5) is 0.165. The highest BCUT2D eigenvalue weighted by molar-refractivity contribution is 7.89. The van der Waals surface area contributed by atoms with Crippen LogP contribution in [0.15, 0.2) is 133 Å². The van der Waals surface area contributed by atoms with Gasteiger partial charge in [0, 0.05) is 0 Å². The van der Waals surface area contributed by atoms with Gasteiger partial charge in [-0.3, -0.25) is 0 Å². The van der Waals surface area contributed by atoms with Gasteiger partial charge in [-0.25, -0.2) is 13.1 Å². The number of nitrogens with one attached hydrogen (secondary N) is 1. The highest BCUT2D eigenvalue weighted by Gasteiger charge is 2.34. The first-order chi connectivity index (χ1) is 19.9. The molecule has 0 fully saturated rings. The zero-order chi connectivity index (χ0) is 28.9. The topological polar surface area (TPSA) is 73.9 Å². The predicted octanol–water partition coefficient (Wildman–Crippen LogP) is 6.22. The van der Waals surface area contributed by atoms with Crippen molar-refractivity contribution in [2.45, 2.75) is 49.9 Å². The van der Waals surface area contributed by atoms with E-state index in [-0.39, 0.29) is 18.1 Å². The van der Waals surface area contributed by atoms with Gasteiger partial charge in [0.25, 0.3) is 0 Å². The van der Waals surface area contributed by atoms with Crippen LogP contribution in [-0.4, -0.2) is 33.3 Å². The molecule has 3 atom stereocenters. The summed E-state index contributed by atoms with van der Waals surface area (Å²) in [5.74, 6) is 0. The summed E-state index contributed by atoms with van der Waals surface area (Å²) in [5, 5.41) is 0. The predicted molar refractivity (Wildman–Crippen MR) is 162 cm³/mol. The van der Waals surface area contributed by atoms with Gasteiger partial charge in [-0.15, -0.1) is 6.58 Å². The average Bonchev–Trinajstić information content (AvgIpc) is 3.00. The maximum Gasteiger partial charge on any atom is 0.240 e. The molecule has 4 rings (SSSR count). The van der Waals surface area contributed by atoms with Crippen molar-refractivity contribution in [2.24, 2.45) is 0 Å². The van der Waals surface area contributed by atoms with Crippen LogP contribution in [0, 0.1) is 6.92 Å². The number of hydrogen-bond acceptors (Lipinski definition) is 5. The standard InChI is InChI=1S/C34H37NO5S/c1-3-33(39-24-29-15-9-5-10-16-29)34(40-25-30-17-11-6-12-18-30)32(26-38-23-28-13-7-4-8-14-28)35-41(36,37)31-21-19-27(2)20-22-31/h3-22,32-35H,1,23-26H2,2H3/t32-,33-,34-/m1/s1. The van der Waals surface area contributed by atoms with Crippen LogP contribution in [0.3, 0.4) is 0 Å². The van der Waals surface area contributed by atoms with E-state index in [1.54, 1.807) is 30.3 Å². The molecule has 214 valence electrons. The SMILES string of the molecule is C=C[C@@H](OCc1ccccc1)[C@H](OCc1ccccc1)[C@@H](COCc1ccccc1)NS(=O)(=O)c1ccc(C)cc1. The van der Waals surface area contributed by atoms with Crippen LogP contribution in [0.5, 0.6) is 0 Å². The lowest BCUT2D eigenvalue weighted by molar-refractivity contribution is -0.0888. The van der Waals surface area contributed by atoms with Crippen molar-refractivity contribution in [1.82, 2.24) is 4.72 Å². The van der Waals surface area contributed by atoms with Crippen molar-refractivity contribution in [3.05, 3.63) is 150 Å². The van der Waals surface area contributed by atoms with Crippen LogP contribution in [-0.2, 0) is 44.1 Å². The molecule has 0 unspecified atom stereocenters. The molecule has 0 aliphatic carbocycles. The van der Waals surface area contributed by atoms with Crippen LogP contribution < -0.4 is 4.72 Å². The molecule has 0 aliphatic rings. The van der Waals surface area contributed by atoms with E-state index < -0.39 is 28.3 Å². The summed E-state index contributed by atoms with van der Waals surface area (Å²) in [7, 11) is -3.91. The average molecular weight is 572 g/mol. The molecule has 0 aliphatic heterocycles. The lowest BCUT2D eigenvalue weighted by Gasteiger charge is -2.32. The molecular weight excluding hydrogens is 534 g/mol. The van der Waals surface area contributed by atoms with Gasteiger partial charge < -0.3 is 14.2 Å². The summed E-state index contributed by atoms with van der Waals surface area (Å²) in [6.45, 7) is 6.85. The van der Waals surface area contributed by atoms with E-state index in [1.165, 1.54) is 0 Å². The molecule has 0 amide bonds. The second-order valence-corrected chi connectivity index (χ2v) is 11.5. The normalized spacial score (nSPS) is 13.8. The molecule has 0 aromatic heterocycles. The van der Waals surface area contributed by atoms with Gasteiger partial charge in [0.2, 0.25) is 10.0 Å². The van der Waals surface area contributed by atoms with Crippen molar-refractivity contribution in [2.75, 3.05) is 6.61 Å². The number of sulfonamides is 1. The molecule has 0 saturated heterocycles. The zero-order valence-electron chi connectivity index (χ0n) is 23.3. The third kappa shape index (κ3) is 9.49. The first-order valence-electron chi connectivity index (χ1n) is 13.6. The molecular formula is C34H37NO5S. The minimum atomic E-state index is -3.91. The smallest absolute Gasteiger partial charge is 0.240 e. The third-order valence-electron chi connectivity index (χ3n) is 6.57.